The van der Waals surface area contributed by atoms with Crippen molar-refractivity contribution < 1.29 is 4.79 Å². The molecule has 0 spiro atoms. The third-order valence-electron chi connectivity index (χ3n) is 4.36. The van der Waals surface area contributed by atoms with Gasteiger partial charge < -0.3 is 9.80 Å². The summed E-state index contributed by atoms with van der Waals surface area (Å²) in [6, 6.07) is 18.5. The Balaban J connectivity index is 1.57. The first-order valence-corrected chi connectivity index (χ1v) is 7.86. The molecule has 0 aliphatic carbocycles. The van der Waals surface area contributed by atoms with E-state index in [1.807, 2.05) is 29.2 Å². The van der Waals surface area contributed by atoms with Crippen molar-refractivity contribution >= 4 is 11.6 Å². The number of piperazine rings is 1. The number of aryl methyl sites for hydroxylation is 1. The Morgan fingerprint density at radius 1 is 0.909 bits per heavy atom. The molecule has 0 saturated carbocycles. The average molecular weight is 294 g/mol. The van der Waals surface area contributed by atoms with Gasteiger partial charge in [-0.15, -0.1) is 0 Å². The lowest BCUT2D eigenvalue weighted by molar-refractivity contribution is -0.130. The van der Waals surface area contributed by atoms with Gasteiger partial charge in [0.05, 0.1) is 6.42 Å². The molecule has 3 rings (SSSR count). The molecular formula is C19H22N2O. The van der Waals surface area contributed by atoms with Crippen LogP contribution in [0, 0.1) is 6.92 Å². The summed E-state index contributed by atoms with van der Waals surface area (Å²) in [5.41, 5.74) is 3.57. The molecule has 1 saturated heterocycles. The minimum atomic E-state index is 0.238. The van der Waals surface area contributed by atoms with Crippen molar-refractivity contribution in [3.05, 3.63) is 65.7 Å². The lowest BCUT2D eigenvalue weighted by atomic mass is 10.1. The van der Waals surface area contributed by atoms with Gasteiger partial charge in [0.15, 0.2) is 0 Å². The molecule has 1 amide bonds. The number of rotatable bonds is 3. The molecule has 0 aromatic heterocycles. The number of anilines is 1. The maximum absolute atomic E-state index is 12.5. The minimum absolute atomic E-state index is 0.238. The summed E-state index contributed by atoms with van der Waals surface area (Å²) < 4.78 is 0. The van der Waals surface area contributed by atoms with E-state index in [1.54, 1.807) is 0 Å². The van der Waals surface area contributed by atoms with E-state index in [1.165, 1.54) is 11.3 Å². The van der Waals surface area contributed by atoms with Gasteiger partial charge in [-0.3, -0.25) is 4.79 Å². The van der Waals surface area contributed by atoms with E-state index >= 15 is 0 Å². The van der Waals surface area contributed by atoms with Crippen molar-refractivity contribution in [1.82, 2.24) is 4.90 Å². The van der Waals surface area contributed by atoms with Crippen LogP contribution >= 0.6 is 0 Å². The Morgan fingerprint density at radius 2 is 1.55 bits per heavy atom. The van der Waals surface area contributed by atoms with Crippen LogP contribution in [0.2, 0.25) is 0 Å². The van der Waals surface area contributed by atoms with Crippen LogP contribution in [0.4, 0.5) is 5.69 Å². The number of benzene rings is 2. The molecule has 1 aliphatic rings. The molecule has 0 radical (unpaired) electrons. The van der Waals surface area contributed by atoms with Gasteiger partial charge in [0.1, 0.15) is 0 Å². The fourth-order valence-electron chi connectivity index (χ4n) is 2.94. The van der Waals surface area contributed by atoms with Gasteiger partial charge in [-0.25, -0.2) is 0 Å². The number of carbonyl (C=O) groups is 1. The maximum atomic E-state index is 12.5. The van der Waals surface area contributed by atoms with Gasteiger partial charge in [-0.05, 0) is 30.2 Å². The number of carbonyl (C=O) groups excluding carboxylic acids is 1. The highest BCUT2D eigenvalue weighted by atomic mass is 16.2. The Bertz CT molecular complexity index is 631. The van der Waals surface area contributed by atoms with Gasteiger partial charge in [-0.1, -0.05) is 42.5 Å². The molecule has 0 bridgehead atoms. The predicted molar refractivity (Wildman–Crippen MR) is 90.1 cm³/mol. The zero-order valence-corrected chi connectivity index (χ0v) is 13.0. The first kappa shape index (κ1) is 14.6. The summed E-state index contributed by atoms with van der Waals surface area (Å²) in [4.78, 5) is 16.8. The summed E-state index contributed by atoms with van der Waals surface area (Å²) in [6.07, 6.45) is 0.512. The highest BCUT2D eigenvalue weighted by molar-refractivity contribution is 5.79. The van der Waals surface area contributed by atoms with Gasteiger partial charge in [0.2, 0.25) is 5.91 Å². The Kier molecular flexibility index (Phi) is 4.42. The van der Waals surface area contributed by atoms with Crippen molar-refractivity contribution in [3.63, 3.8) is 0 Å². The summed E-state index contributed by atoms with van der Waals surface area (Å²) in [6.45, 7) is 5.49. The number of hydrogen-bond acceptors (Lipinski definition) is 2. The number of para-hydroxylation sites is 1. The molecule has 1 fully saturated rings. The topological polar surface area (TPSA) is 23.6 Å². The van der Waals surface area contributed by atoms with Crippen LogP contribution in [0.1, 0.15) is 11.1 Å². The number of nitrogens with zero attached hydrogens (tertiary/aromatic N) is 2. The van der Waals surface area contributed by atoms with E-state index in [4.69, 9.17) is 0 Å². The molecule has 1 heterocycles. The Hall–Kier alpha value is -2.29. The molecule has 114 valence electrons. The van der Waals surface area contributed by atoms with E-state index in [0.29, 0.717) is 6.42 Å². The van der Waals surface area contributed by atoms with Crippen LogP contribution in [-0.4, -0.2) is 37.0 Å². The van der Waals surface area contributed by atoms with Crippen LogP contribution in [0.5, 0.6) is 0 Å². The summed E-state index contributed by atoms with van der Waals surface area (Å²) in [7, 11) is 0. The van der Waals surface area contributed by atoms with E-state index in [0.717, 1.165) is 31.7 Å². The third kappa shape index (κ3) is 3.30. The fraction of sp³-hybridized carbons (Fsp3) is 0.316. The van der Waals surface area contributed by atoms with Gasteiger partial charge >= 0.3 is 0 Å². The molecule has 0 atom stereocenters. The van der Waals surface area contributed by atoms with Crippen LogP contribution in [-0.2, 0) is 11.2 Å². The molecule has 2 aromatic rings. The highest BCUT2D eigenvalue weighted by Crippen LogP contribution is 2.16. The van der Waals surface area contributed by atoms with E-state index in [2.05, 4.69) is 42.2 Å². The lowest BCUT2D eigenvalue weighted by Crippen LogP contribution is -2.49. The summed E-state index contributed by atoms with van der Waals surface area (Å²) in [5.74, 6) is 0.238. The summed E-state index contributed by atoms with van der Waals surface area (Å²) in [5, 5.41) is 0. The quantitative estimate of drug-likeness (QED) is 0.869. The van der Waals surface area contributed by atoms with Crippen molar-refractivity contribution in [2.75, 3.05) is 31.1 Å². The Labute approximate surface area is 132 Å². The average Bonchev–Trinajstić information content (AvgIpc) is 2.58. The molecule has 1 aliphatic heterocycles. The second kappa shape index (κ2) is 6.65. The zero-order valence-electron chi connectivity index (χ0n) is 13.0. The number of hydrogen-bond donors (Lipinski definition) is 0. The predicted octanol–water partition coefficient (Wildman–Crippen LogP) is 2.89. The molecule has 22 heavy (non-hydrogen) atoms. The zero-order chi connectivity index (χ0) is 15.4. The largest absolute Gasteiger partial charge is 0.368 e. The first-order chi connectivity index (χ1) is 10.7. The minimum Gasteiger partial charge on any atom is -0.368 e. The van der Waals surface area contributed by atoms with Crippen molar-refractivity contribution in [2.45, 2.75) is 13.3 Å². The lowest BCUT2D eigenvalue weighted by Gasteiger charge is -2.36. The standard InChI is InChI=1S/C19H22N2O/c1-16-7-5-6-8-17(16)15-19(22)21-13-11-20(12-14-21)18-9-3-2-4-10-18/h2-10H,11-15H2,1H3. The van der Waals surface area contributed by atoms with Crippen LogP contribution in [0.25, 0.3) is 0 Å². The van der Waals surface area contributed by atoms with Crippen LogP contribution in [0.15, 0.2) is 54.6 Å². The fourth-order valence-corrected chi connectivity index (χ4v) is 2.94. The molecule has 3 heteroatoms. The molecule has 0 unspecified atom stereocenters. The van der Waals surface area contributed by atoms with Gasteiger partial charge in [0, 0.05) is 31.9 Å². The Morgan fingerprint density at radius 3 is 2.23 bits per heavy atom. The van der Waals surface area contributed by atoms with E-state index < -0.39 is 0 Å². The van der Waals surface area contributed by atoms with Crippen molar-refractivity contribution in [2.24, 2.45) is 0 Å². The molecule has 3 nitrogen and oxygen atoms in total. The number of amides is 1. The van der Waals surface area contributed by atoms with Crippen molar-refractivity contribution in [3.8, 4) is 0 Å². The van der Waals surface area contributed by atoms with Crippen LogP contribution in [0.3, 0.4) is 0 Å². The van der Waals surface area contributed by atoms with Crippen molar-refractivity contribution in [1.29, 1.82) is 0 Å². The first-order valence-electron chi connectivity index (χ1n) is 7.86. The second-order valence-electron chi connectivity index (χ2n) is 5.81. The maximum Gasteiger partial charge on any atom is 0.227 e. The monoisotopic (exact) mass is 294 g/mol. The molecule has 0 N–H and O–H groups in total. The third-order valence-corrected chi connectivity index (χ3v) is 4.36. The molecular weight excluding hydrogens is 272 g/mol. The van der Waals surface area contributed by atoms with Gasteiger partial charge in [0.25, 0.3) is 0 Å². The highest BCUT2D eigenvalue weighted by Gasteiger charge is 2.21. The van der Waals surface area contributed by atoms with E-state index in [9.17, 15) is 4.79 Å². The van der Waals surface area contributed by atoms with E-state index in [-0.39, 0.29) is 5.91 Å². The van der Waals surface area contributed by atoms with Gasteiger partial charge in [-0.2, -0.15) is 0 Å². The molecule has 2 aromatic carbocycles. The normalized spacial score (nSPS) is 15.0. The smallest absolute Gasteiger partial charge is 0.227 e. The summed E-state index contributed by atoms with van der Waals surface area (Å²) >= 11 is 0. The second-order valence-corrected chi connectivity index (χ2v) is 5.81. The van der Waals surface area contributed by atoms with Crippen LogP contribution < -0.4 is 4.90 Å². The SMILES string of the molecule is Cc1ccccc1CC(=O)N1CCN(c2ccccc2)CC1.